The highest BCUT2D eigenvalue weighted by Gasteiger charge is 2.34. The van der Waals surface area contributed by atoms with Crippen molar-refractivity contribution in [2.75, 3.05) is 19.6 Å². The van der Waals surface area contributed by atoms with Crippen molar-refractivity contribution in [3.63, 3.8) is 0 Å². The van der Waals surface area contributed by atoms with Crippen LogP contribution in [0.5, 0.6) is 0 Å². The standard InChI is InChI=1S/C29H27ClF5N3O.C3H7O/c30-25-17-27-26(16-24(25)29(33,34)35)36-28(39)38(27)22-11-14-37(15-12-22)13-1-2-23(18-3-7-20(31)8-4-18)19-5-9-21(32)10-6-19;1-3(2)4/h3-10,16-17,22-23H,1-2,11-15H2,(H,36,39);3H,1-2H3/q;-1. The van der Waals surface area contributed by atoms with Crippen molar-refractivity contribution in [3.05, 3.63) is 104 Å². The topological polar surface area (TPSA) is 64.1 Å². The van der Waals surface area contributed by atoms with Crippen LogP contribution in [-0.2, 0) is 6.18 Å². The summed E-state index contributed by atoms with van der Waals surface area (Å²) < 4.78 is 68.2. The van der Waals surface area contributed by atoms with E-state index in [1.54, 1.807) is 38.1 Å². The fourth-order valence-electron chi connectivity index (χ4n) is 5.56. The van der Waals surface area contributed by atoms with E-state index in [-0.39, 0.29) is 29.1 Å². The molecule has 1 aliphatic heterocycles. The van der Waals surface area contributed by atoms with Gasteiger partial charge in [0, 0.05) is 25.0 Å². The molecule has 2 heterocycles. The second-order valence-electron chi connectivity index (χ2n) is 11.1. The van der Waals surface area contributed by atoms with Crippen LogP contribution in [0.2, 0.25) is 5.02 Å². The Hall–Kier alpha value is -3.21. The van der Waals surface area contributed by atoms with Gasteiger partial charge in [-0.2, -0.15) is 13.2 Å². The number of nitrogens with zero attached hydrogens (tertiary/aromatic N) is 2. The first-order valence-corrected chi connectivity index (χ1v) is 14.6. The third kappa shape index (κ3) is 8.46. The van der Waals surface area contributed by atoms with Gasteiger partial charge in [0.2, 0.25) is 0 Å². The molecular formula is C32H34ClF5N3O2-. The molecule has 1 N–H and O–H groups in total. The van der Waals surface area contributed by atoms with Gasteiger partial charge in [-0.3, -0.25) is 4.57 Å². The molecule has 0 saturated carbocycles. The predicted octanol–water partition coefficient (Wildman–Crippen LogP) is 7.28. The summed E-state index contributed by atoms with van der Waals surface area (Å²) >= 11 is 5.92. The highest BCUT2D eigenvalue weighted by atomic mass is 35.5. The Morgan fingerprint density at radius 2 is 1.47 bits per heavy atom. The van der Waals surface area contributed by atoms with Gasteiger partial charge >= 0.3 is 11.9 Å². The Kier molecular flexibility index (Phi) is 10.7. The van der Waals surface area contributed by atoms with E-state index in [0.29, 0.717) is 18.4 Å². The monoisotopic (exact) mass is 622 g/mol. The molecule has 0 aliphatic carbocycles. The normalized spacial score (nSPS) is 14.9. The molecule has 1 saturated heterocycles. The van der Waals surface area contributed by atoms with Gasteiger partial charge in [-0.15, -0.1) is 6.10 Å². The lowest BCUT2D eigenvalue weighted by Gasteiger charge is -2.33. The third-order valence-electron chi connectivity index (χ3n) is 7.54. The molecule has 0 spiro atoms. The van der Waals surface area contributed by atoms with Crippen LogP contribution < -0.4 is 10.8 Å². The molecule has 1 aromatic heterocycles. The van der Waals surface area contributed by atoms with Gasteiger partial charge in [0.1, 0.15) is 11.6 Å². The minimum absolute atomic E-state index is 0.000116. The van der Waals surface area contributed by atoms with E-state index in [1.165, 1.54) is 34.9 Å². The van der Waals surface area contributed by atoms with E-state index >= 15 is 0 Å². The number of H-pyrrole nitrogens is 1. The number of nitrogens with one attached hydrogen (secondary N) is 1. The number of aromatic amines is 1. The molecule has 1 fully saturated rings. The van der Waals surface area contributed by atoms with Crippen LogP contribution in [0.4, 0.5) is 22.0 Å². The summed E-state index contributed by atoms with van der Waals surface area (Å²) in [5, 5.41) is 9.09. The van der Waals surface area contributed by atoms with Crippen molar-refractivity contribution in [2.45, 2.75) is 63.8 Å². The fourth-order valence-corrected chi connectivity index (χ4v) is 5.83. The molecule has 5 nitrogen and oxygen atoms in total. The van der Waals surface area contributed by atoms with Gasteiger partial charge in [0.25, 0.3) is 0 Å². The van der Waals surface area contributed by atoms with E-state index < -0.39 is 28.6 Å². The van der Waals surface area contributed by atoms with Crippen molar-refractivity contribution in [1.82, 2.24) is 14.5 Å². The summed E-state index contributed by atoms with van der Waals surface area (Å²) in [7, 11) is 0. The molecule has 0 bridgehead atoms. The summed E-state index contributed by atoms with van der Waals surface area (Å²) in [6.45, 7) is 5.50. The zero-order valence-electron chi connectivity index (χ0n) is 23.9. The lowest BCUT2D eigenvalue weighted by molar-refractivity contribution is -0.407. The molecule has 0 atom stereocenters. The number of alkyl halides is 3. The number of halogens is 6. The Bertz CT molecular complexity index is 1490. The summed E-state index contributed by atoms with van der Waals surface area (Å²) in [6.07, 6.45) is -2.04. The molecule has 0 radical (unpaired) electrons. The van der Waals surface area contributed by atoms with Crippen molar-refractivity contribution in [2.24, 2.45) is 0 Å². The van der Waals surface area contributed by atoms with Gasteiger partial charge in [-0.1, -0.05) is 49.7 Å². The molecule has 232 valence electrons. The largest absolute Gasteiger partial charge is 0.852 e. The predicted molar refractivity (Wildman–Crippen MR) is 156 cm³/mol. The molecule has 4 aromatic rings. The maximum absolute atomic E-state index is 13.5. The van der Waals surface area contributed by atoms with E-state index in [2.05, 4.69) is 9.88 Å². The highest BCUT2D eigenvalue weighted by Crippen LogP contribution is 2.37. The molecule has 43 heavy (non-hydrogen) atoms. The van der Waals surface area contributed by atoms with Crippen molar-refractivity contribution in [3.8, 4) is 0 Å². The van der Waals surface area contributed by atoms with Crippen molar-refractivity contribution < 1.29 is 27.1 Å². The molecule has 1 aliphatic rings. The van der Waals surface area contributed by atoms with Gasteiger partial charge in [-0.05, 0) is 79.8 Å². The van der Waals surface area contributed by atoms with Gasteiger partial charge in [0.15, 0.2) is 0 Å². The smallest absolute Gasteiger partial charge is 0.417 e. The molecule has 11 heteroatoms. The number of fused-ring (bicyclic) bond motifs is 1. The molecule has 0 amide bonds. The highest BCUT2D eigenvalue weighted by molar-refractivity contribution is 6.32. The van der Waals surface area contributed by atoms with Gasteiger partial charge in [0.05, 0.1) is 21.6 Å². The lowest BCUT2D eigenvalue weighted by Crippen LogP contribution is -2.37. The summed E-state index contributed by atoms with van der Waals surface area (Å²) in [5.74, 6) is -0.617. The Morgan fingerprint density at radius 3 is 1.95 bits per heavy atom. The minimum atomic E-state index is -4.61. The fraction of sp³-hybridized carbons (Fsp3) is 0.406. The van der Waals surface area contributed by atoms with Crippen molar-refractivity contribution in [1.29, 1.82) is 0 Å². The van der Waals surface area contributed by atoms with Crippen LogP contribution in [0, 0.1) is 11.6 Å². The zero-order chi connectivity index (χ0) is 31.3. The number of benzene rings is 3. The number of likely N-dealkylation sites (tertiary alicyclic amines) is 1. The number of hydrogen-bond acceptors (Lipinski definition) is 3. The second kappa shape index (κ2) is 14.1. The average molecular weight is 623 g/mol. The van der Waals surface area contributed by atoms with Crippen molar-refractivity contribution >= 4 is 22.6 Å². The van der Waals surface area contributed by atoms with Crippen LogP contribution in [0.15, 0.2) is 65.5 Å². The lowest BCUT2D eigenvalue weighted by atomic mass is 9.87. The van der Waals surface area contributed by atoms with Crippen LogP contribution >= 0.6 is 11.6 Å². The Morgan fingerprint density at radius 1 is 0.953 bits per heavy atom. The molecular weight excluding hydrogens is 589 g/mol. The maximum Gasteiger partial charge on any atom is 0.417 e. The number of aromatic nitrogens is 2. The summed E-state index contributed by atoms with van der Waals surface area (Å²) in [6, 6.07) is 14.7. The summed E-state index contributed by atoms with van der Waals surface area (Å²) in [4.78, 5) is 17.5. The van der Waals surface area contributed by atoms with E-state index in [1.807, 2.05) is 0 Å². The summed E-state index contributed by atoms with van der Waals surface area (Å²) in [5.41, 5.74) is 1.00. The van der Waals surface area contributed by atoms with Gasteiger partial charge in [-0.25, -0.2) is 13.6 Å². The first-order chi connectivity index (χ1) is 20.3. The molecule has 3 aromatic carbocycles. The van der Waals surface area contributed by atoms with Gasteiger partial charge < -0.3 is 15.0 Å². The van der Waals surface area contributed by atoms with Crippen LogP contribution in [0.3, 0.4) is 0 Å². The average Bonchev–Trinajstić information content (AvgIpc) is 3.26. The number of piperidine rings is 1. The molecule has 5 rings (SSSR count). The quantitative estimate of drug-likeness (QED) is 0.220. The maximum atomic E-state index is 13.5. The Balaban J connectivity index is 0.000000996. The van der Waals surface area contributed by atoms with Crippen LogP contribution in [0.25, 0.3) is 11.0 Å². The van der Waals surface area contributed by atoms with E-state index in [0.717, 1.165) is 49.7 Å². The third-order valence-corrected chi connectivity index (χ3v) is 7.86. The first-order valence-electron chi connectivity index (χ1n) is 14.2. The Labute approximate surface area is 251 Å². The second-order valence-corrected chi connectivity index (χ2v) is 11.5. The number of imidazole rings is 1. The number of hydrogen-bond donors (Lipinski definition) is 1. The molecule has 0 unspecified atom stereocenters. The first kappa shape index (κ1) is 32.7. The van der Waals surface area contributed by atoms with E-state index in [4.69, 9.17) is 11.6 Å². The minimum Gasteiger partial charge on any atom is -0.852 e. The zero-order valence-corrected chi connectivity index (χ0v) is 24.7. The van der Waals surface area contributed by atoms with Crippen LogP contribution in [0.1, 0.15) is 68.2 Å². The van der Waals surface area contributed by atoms with Crippen LogP contribution in [-0.4, -0.2) is 40.2 Å². The number of rotatable bonds is 7. The SMILES string of the molecule is CC(C)[O-].O=c1[nH]c2cc(C(F)(F)F)c(Cl)cc2n1C1CCN(CCCC(c2ccc(F)cc2)c2ccc(F)cc2)CC1. The van der Waals surface area contributed by atoms with E-state index in [9.17, 15) is 31.9 Å².